The first-order valence-electron chi connectivity index (χ1n) is 6.83. The molecule has 1 heterocycles. The number of nitrogens with zero attached hydrogens (tertiary/aromatic N) is 2. The largest absolute Gasteiger partial charge is 0.464 e. The first kappa shape index (κ1) is 15.0. The quantitative estimate of drug-likeness (QED) is 0.469. The second kappa shape index (κ2) is 5.56. The van der Waals surface area contributed by atoms with Crippen molar-refractivity contribution in [1.29, 1.82) is 5.26 Å². The van der Waals surface area contributed by atoms with Crippen molar-refractivity contribution in [2.45, 2.75) is 31.7 Å². The Balaban J connectivity index is 2.50. The number of nitriles is 1. The summed E-state index contributed by atoms with van der Waals surface area (Å²) in [6, 6.07) is 1.47. The molecule has 0 bridgehead atoms. The lowest BCUT2D eigenvalue weighted by atomic mass is 9.72. The number of amides is 3. The van der Waals surface area contributed by atoms with Gasteiger partial charge in [0.05, 0.1) is 19.2 Å². The number of imide groups is 1. The normalized spacial score (nSPS) is 29.0. The Morgan fingerprint density at radius 1 is 1.62 bits per heavy atom. The maximum absolute atomic E-state index is 12.5. The van der Waals surface area contributed by atoms with Crippen LogP contribution in [0.25, 0.3) is 0 Å². The Labute approximate surface area is 122 Å². The average molecular weight is 291 g/mol. The Bertz CT molecular complexity index is 535. The maximum Gasteiger partial charge on any atom is 0.337 e. The van der Waals surface area contributed by atoms with Crippen molar-refractivity contribution < 1.29 is 19.1 Å². The van der Waals surface area contributed by atoms with Crippen LogP contribution in [0.3, 0.4) is 0 Å². The number of carbonyl (C=O) groups is 3. The van der Waals surface area contributed by atoms with E-state index in [4.69, 9.17) is 10.00 Å². The molecule has 21 heavy (non-hydrogen) atoms. The van der Waals surface area contributed by atoms with E-state index < -0.39 is 29.4 Å². The average Bonchev–Trinajstić information content (AvgIpc) is 2.80. The monoisotopic (exact) mass is 291 g/mol. The van der Waals surface area contributed by atoms with Gasteiger partial charge in [0.25, 0.3) is 5.91 Å². The summed E-state index contributed by atoms with van der Waals surface area (Å²) < 4.78 is 5.07. The zero-order valence-corrected chi connectivity index (χ0v) is 11.8. The summed E-state index contributed by atoms with van der Waals surface area (Å²) in [5.74, 6) is -1.63. The van der Waals surface area contributed by atoms with E-state index in [1.165, 1.54) is 0 Å². The molecular formula is C14H17N3O4. The van der Waals surface area contributed by atoms with Crippen molar-refractivity contribution in [1.82, 2.24) is 10.2 Å². The standard InChI is InChI=1S/C14H17N3O4/c1-3-21-12(19)14(17-11(18)8-16-13(17)20)6-10(7-15)5-4-9(14)2/h10H,2-6,8H2,1H3,(H,16,20). The third-order valence-electron chi connectivity index (χ3n) is 3.94. The highest BCUT2D eigenvalue weighted by Gasteiger charge is 2.57. The molecule has 1 aliphatic heterocycles. The number of carbonyl (C=O) groups excluding carboxylic acids is 3. The summed E-state index contributed by atoms with van der Waals surface area (Å²) in [5.41, 5.74) is -1.12. The minimum atomic E-state index is -1.56. The zero-order chi connectivity index (χ0) is 15.6. The summed E-state index contributed by atoms with van der Waals surface area (Å²) >= 11 is 0. The van der Waals surface area contributed by atoms with Crippen LogP contribution in [0.2, 0.25) is 0 Å². The van der Waals surface area contributed by atoms with Gasteiger partial charge in [0.15, 0.2) is 5.54 Å². The molecule has 2 atom stereocenters. The van der Waals surface area contributed by atoms with Gasteiger partial charge in [-0.3, -0.25) is 4.79 Å². The third kappa shape index (κ3) is 2.27. The lowest BCUT2D eigenvalue weighted by Crippen LogP contribution is -2.61. The SMILES string of the molecule is C=C1CCC(C#N)CC1(C(=O)OCC)N1C(=O)CNC1=O. The molecule has 2 aliphatic rings. The molecule has 3 amide bonds. The molecule has 7 heteroatoms. The second-order valence-corrected chi connectivity index (χ2v) is 5.14. The molecule has 112 valence electrons. The van der Waals surface area contributed by atoms with Crippen molar-refractivity contribution in [3.63, 3.8) is 0 Å². The van der Waals surface area contributed by atoms with Crippen LogP contribution in [0.1, 0.15) is 26.2 Å². The van der Waals surface area contributed by atoms with Gasteiger partial charge in [0, 0.05) is 12.3 Å². The third-order valence-corrected chi connectivity index (χ3v) is 3.94. The predicted octanol–water partition coefficient (Wildman–Crippen LogP) is 0.720. The van der Waals surface area contributed by atoms with E-state index in [0.717, 1.165) is 4.90 Å². The molecule has 0 aromatic carbocycles. The highest BCUT2D eigenvalue weighted by molar-refractivity contribution is 6.07. The Morgan fingerprint density at radius 3 is 2.86 bits per heavy atom. The topological polar surface area (TPSA) is 99.5 Å². The first-order valence-corrected chi connectivity index (χ1v) is 6.83. The Kier molecular flexibility index (Phi) is 3.98. The minimum Gasteiger partial charge on any atom is -0.464 e. The lowest BCUT2D eigenvalue weighted by Gasteiger charge is -2.43. The summed E-state index contributed by atoms with van der Waals surface area (Å²) in [5, 5.41) is 11.6. The van der Waals surface area contributed by atoms with E-state index in [1.807, 2.05) is 0 Å². The molecule has 1 aliphatic carbocycles. The van der Waals surface area contributed by atoms with Gasteiger partial charge in [0.2, 0.25) is 0 Å². The zero-order valence-electron chi connectivity index (χ0n) is 11.8. The molecule has 2 fully saturated rings. The van der Waals surface area contributed by atoms with Crippen LogP contribution >= 0.6 is 0 Å². The Hall–Kier alpha value is -2.36. The highest BCUT2D eigenvalue weighted by Crippen LogP contribution is 2.42. The van der Waals surface area contributed by atoms with Crippen LogP contribution in [0.5, 0.6) is 0 Å². The van der Waals surface area contributed by atoms with Crippen molar-refractivity contribution in [3.8, 4) is 6.07 Å². The fraction of sp³-hybridized carbons (Fsp3) is 0.571. The van der Waals surface area contributed by atoms with Gasteiger partial charge in [-0.25, -0.2) is 14.5 Å². The van der Waals surface area contributed by atoms with Gasteiger partial charge in [0.1, 0.15) is 0 Å². The van der Waals surface area contributed by atoms with Crippen LogP contribution in [0.15, 0.2) is 12.2 Å². The Morgan fingerprint density at radius 2 is 2.33 bits per heavy atom. The van der Waals surface area contributed by atoms with Crippen molar-refractivity contribution in [3.05, 3.63) is 12.2 Å². The molecule has 7 nitrogen and oxygen atoms in total. The van der Waals surface area contributed by atoms with Crippen LogP contribution in [0.4, 0.5) is 4.79 Å². The van der Waals surface area contributed by atoms with E-state index in [-0.39, 0.29) is 19.6 Å². The molecule has 1 N–H and O–H groups in total. The van der Waals surface area contributed by atoms with Crippen molar-refractivity contribution in [2.75, 3.05) is 13.2 Å². The maximum atomic E-state index is 12.5. The van der Waals surface area contributed by atoms with E-state index >= 15 is 0 Å². The van der Waals surface area contributed by atoms with Crippen LogP contribution in [0, 0.1) is 17.2 Å². The lowest BCUT2D eigenvalue weighted by molar-refractivity contribution is -0.158. The van der Waals surface area contributed by atoms with E-state index in [2.05, 4.69) is 18.0 Å². The summed E-state index contributed by atoms with van der Waals surface area (Å²) in [6.07, 6.45) is 0.995. The fourth-order valence-electron chi connectivity index (χ4n) is 2.90. The summed E-state index contributed by atoms with van der Waals surface area (Å²) in [7, 11) is 0. The number of hydrogen-bond acceptors (Lipinski definition) is 5. The predicted molar refractivity (Wildman–Crippen MR) is 71.7 cm³/mol. The van der Waals surface area contributed by atoms with E-state index in [9.17, 15) is 14.4 Å². The van der Waals surface area contributed by atoms with Crippen LogP contribution in [-0.2, 0) is 14.3 Å². The number of rotatable bonds is 3. The second-order valence-electron chi connectivity index (χ2n) is 5.14. The van der Waals surface area contributed by atoms with E-state index in [0.29, 0.717) is 18.4 Å². The van der Waals surface area contributed by atoms with Crippen molar-refractivity contribution in [2.24, 2.45) is 5.92 Å². The van der Waals surface area contributed by atoms with E-state index in [1.54, 1.807) is 6.92 Å². The van der Waals surface area contributed by atoms with Gasteiger partial charge in [-0.2, -0.15) is 5.26 Å². The van der Waals surface area contributed by atoms with Crippen molar-refractivity contribution >= 4 is 17.9 Å². The van der Waals surface area contributed by atoms with Crippen LogP contribution < -0.4 is 5.32 Å². The molecule has 0 aromatic heterocycles. The number of ether oxygens (including phenoxy) is 1. The minimum absolute atomic E-state index is 0.0420. The first-order chi connectivity index (χ1) is 9.97. The molecular weight excluding hydrogens is 274 g/mol. The highest BCUT2D eigenvalue weighted by atomic mass is 16.5. The van der Waals surface area contributed by atoms with Gasteiger partial charge in [-0.05, 0) is 25.3 Å². The van der Waals surface area contributed by atoms with Gasteiger partial charge >= 0.3 is 12.0 Å². The van der Waals surface area contributed by atoms with Crippen LogP contribution in [-0.4, -0.2) is 41.5 Å². The molecule has 2 rings (SSSR count). The molecule has 1 saturated carbocycles. The number of hydrogen-bond donors (Lipinski definition) is 1. The molecule has 0 radical (unpaired) electrons. The van der Waals surface area contributed by atoms with Gasteiger partial charge < -0.3 is 10.1 Å². The van der Waals surface area contributed by atoms with Gasteiger partial charge in [-0.1, -0.05) is 6.58 Å². The number of urea groups is 1. The molecule has 0 spiro atoms. The molecule has 1 saturated heterocycles. The van der Waals surface area contributed by atoms with Gasteiger partial charge in [-0.15, -0.1) is 0 Å². The smallest absolute Gasteiger partial charge is 0.337 e. The molecule has 0 aromatic rings. The molecule has 2 unspecified atom stereocenters. The summed E-state index contributed by atoms with van der Waals surface area (Å²) in [6.45, 7) is 5.47. The summed E-state index contributed by atoms with van der Waals surface area (Å²) in [4.78, 5) is 37.4. The number of nitrogens with one attached hydrogen (secondary N) is 1. The number of esters is 1. The fourth-order valence-corrected chi connectivity index (χ4v) is 2.90.